The van der Waals surface area contributed by atoms with Crippen molar-refractivity contribution < 1.29 is 17.2 Å². The SMILES string of the molecule is C=C(C)C(C=NCC)=N/C=C(\C)N[C@@H](C)c1cccc(NC(=O)c2ccc(C(=O)OC)c(C)c2)c1.[HH].[HH]. The second-order valence-corrected chi connectivity index (χ2v) is 8.20. The number of hydrogen-bond acceptors (Lipinski definition) is 6. The minimum atomic E-state index is -0.427. The van der Waals surface area contributed by atoms with Gasteiger partial charge in [0, 0.05) is 44.8 Å². The van der Waals surface area contributed by atoms with Crippen LogP contribution in [0.4, 0.5) is 5.69 Å². The van der Waals surface area contributed by atoms with Crippen LogP contribution in [-0.2, 0) is 4.74 Å². The van der Waals surface area contributed by atoms with Crippen LogP contribution in [0.25, 0.3) is 0 Å². The Labute approximate surface area is 210 Å². The number of ether oxygens (including phenoxy) is 1. The fraction of sp³-hybridized carbons (Fsp3) is 0.286. The van der Waals surface area contributed by atoms with E-state index in [1.807, 2.05) is 52.0 Å². The van der Waals surface area contributed by atoms with Gasteiger partial charge in [0.2, 0.25) is 0 Å². The molecule has 35 heavy (non-hydrogen) atoms. The van der Waals surface area contributed by atoms with Gasteiger partial charge in [-0.1, -0.05) is 18.7 Å². The van der Waals surface area contributed by atoms with Crippen LogP contribution < -0.4 is 10.6 Å². The molecule has 0 aromatic heterocycles. The largest absolute Gasteiger partial charge is 0.465 e. The molecule has 2 rings (SSSR count). The molecule has 2 aromatic rings. The van der Waals surface area contributed by atoms with E-state index >= 15 is 0 Å². The quantitative estimate of drug-likeness (QED) is 0.317. The van der Waals surface area contributed by atoms with E-state index < -0.39 is 5.97 Å². The number of aryl methyl sites for hydroxylation is 1. The number of nitrogens with zero attached hydrogens (tertiary/aromatic N) is 2. The molecule has 0 aliphatic carbocycles. The molecule has 2 N–H and O–H groups in total. The van der Waals surface area contributed by atoms with E-state index in [1.54, 1.807) is 37.5 Å². The van der Waals surface area contributed by atoms with Crippen LogP contribution in [0, 0.1) is 6.92 Å². The molecular formula is C28H38N4O3. The van der Waals surface area contributed by atoms with Crippen molar-refractivity contribution in [1.29, 1.82) is 0 Å². The molecule has 0 unspecified atom stereocenters. The molecule has 0 spiro atoms. The van der Waals surface area contributed by atoms with Gasteiger partial charge in [0.25, 0.3) is 5.91 Å². The molecule has 0 aliphatic rings. The number of carbonyl (C=O) groups is 2. The lowest BCUT2D eigenvalue weighted by atomic mass is 10.0. The smallest absolute Gasteiger partial charge is 0.338 e. The minimum Gasteiger partial charge on any atom is -0.465 e. The summed E-state index contributed by atoms with van der Waals surface area (Å²) in [5.41, 5.74) is 5.72. The zero-order valence-corrected chi connectivity index (χ0v) is 21.3. The van der Waals surface area contributed by atoms with Crippen molar-refractivity contribution in [3.8, 4) is 0 Å². The number of allylic oxidation sites excluding steroid dienone is 2. The summed E-state index contributed by atoms with van der Waals surface area (Å²) in [6, 6.07) is 12.5. The van der Waals surface area contributed by atoms with E-state index in [-0.39, 0.29) is 14.8 Å². The van der Waals surface area contributed by atoms with Crippen LogP contribution in [-0.4, -0.2) is 37.5 Å². The average molecular weight is 479 g/mol. The van der Waals surface area contributed by atoms with Gasteiger partial charge in [-0.15, -0.1) is 0 Å². The Hall–Kier alpha value is -4.00. The van der Waals surface area contributed by atoms with E-state index in [4.69, 9.17) is 4.74 Å². The second kappa shape index (κ2) is 13.0. The Balaban J connectivity index is 0.00000648. The van der Waals surface area contributed by atoms with Gasteiger partial charge in [0.15, 0.2) is 0 Å². The monoisotopic (exact) mass is 478 g/mol. The molecule has 1 amide bonds. The van der Waals surface area contributed by atoms with Gasteiger partial charge >= 0.3 is 5.97 Å². The molecule has 7 heteroatoms. The number of nitrogens with one attached hydrogen (secondary N) is 2. The number of rotatable bonds is 10. The number of aliphatic imine (C=N–C) groups is 2. The minimum absolute atomic E-state index is 0. The predicted molar refractivity (Wildman–Crippen MR) is 148 cm³/mol. The molecule has 0 bridgehead atoms. The maximum Gasteiger partial charge on any atom is 0.338 e. The van der Waals surface area contributed by atoms with Crippen molar-refractivity contribution in [2.24, 2.45) is 9.98 Å². The molecule has 7 nitrogen and oxygen atoms in total. The lowest BCUT2D eigenvalue weighted by molar-refractivity contribution is 0.0599. The average Bonchev–Trinajstić information content (AvgIpc) is 2.83. The van der Waals surface area contributed by atoms with E-state index in [0.717, 1.165) is 22.5 Å². The Kier molecular flexibility index (Phi) is 10.1. The number of carbonyl (C=O) groups excluding carboxylic acids is 2. The van der Waals surface area contributed by atoms with Crippen LogP contribution >= 0.6 is 0 Å². The summed E-state index contributed by atoms with van der Waals surface area (Å²) >= 11 is 0. The first-order valence-corrected chi connectivity index (χ1v) is 11.4. The maximum absolute atomic E-state index is 12.8. The first kappa shape index (κ1) is 27.2. The van der Waals surface area contributed by atoms with Gasteiger partial charge in [0.05, 0.1) is 18.4 Å². The molecule has 0 fully saturated rings. The highest BCUT2D eigenvalue weighted by Gasteiger charge is 2.13. The third kappa shape index (κ3) is 8.07. The second-order valence-electron chi connectivity index (χ2n) is 8.20. The van der Waals surface area contributed by atoms with E-state index in [1.165, 1.54) is 7.11 Å². The lowest BCUT2D eigenvalue weighted by Crippen LogP contribution is -2.17. The summed E-state index contributed by atoms with van der Waals surface area (Å²) < 4.78 is 4.76. The predicted octanol–water partition coefficient (Wildman–Crippen LogP) is 6.15. The summed E-state index contributed by atoms with van der Waals surface area (Å²) in [6.45, 7) is 14.2. The number of methoxy groups -OCH3 is 1. The standard InChI is InChI=1S/C28H34N4O3.2H2/c1-8-29-17-26(18(2)3)30-16-20(5)31-21(6)22-10-9-11-24(15-22)32-27(33)23-12-13-25(19(4)14-23)28(34)35-7;;/h9-17,21,31H,2,8H2,1,3-7H3,(H,32,33);2*1H/b20-16+,29-17?,30-26?;;/t21-;;/m0../s1. The summed E-state index contributed by atoms with van der Waals surface area (Å²) in [6.07, 6.45) is 3.49. The van der Waals surface area contributed by atoms with Crippen molar-refractivity contribution in [2.75, 3.05) is 19.0 Å². The molecule has 0 aliphatic heterocycles. The Morgan fingerprint density at radius 1 is 1.20 bits per heavy atom. The summed E-state index contributed by atoms with van der Waals surface area (Å²) in [4.78, 5) is 33.3. The fourth-order valence-corrected chi connectivity index (χ4v) is 3.29. The van der Waals surface area contributed by atoms with Crippen LogP contribution in [0.5, 0.6) is 0 Å². The highest BCUT2D eigenvalue weighted by Crippen LogP contribution is 2.20. The molecule has 0 heterocycles. The number of anilines is 1. The highest BCUT2D eigenvalue weighted by atomic mass is 16.5. The number of esters is 1. The Bertz CT molecular complexity index is 1190. The van der Waals surface area contributed by atoms with Crippen LogP contribution in [0.3, 0.4) is 0 Å². The number of hydrogen-bond donors (Lipinski definition) is 2. The van der Waals surface area contributed by atoms with Crippen molar-refractivity contribution >= 4 is 29.5 Å². The highest BCUT2D eigenvalue weighted by molar-refractivity contribution is 6.37. The van der Waals surface area contributed by atoms with Gasteiger partial charge in [0.1, 0.15) is 0 Å². The van der Waals surface area contributed by atoms with Crippen LogP contribution in [0.1, 0.15) is 68.4 Å². The van der Waals surface area contributed by atoms with Gasteiger partial charge in [-0.2, -0.15) is 0 Å². The molecule has 1 atom stereocenters. The van der Waals surface area contributed by atoms with Crippen LogP contribution in [0.2, 0.25) is 0 Å². The van der Waals surface area contributed by atoms with E-state index in [9.17, 15) is 9.59 Å². The van der Waals surface area contributed by atoms with Gasteiger partial charge in [-0.25, -0.2) is 4.79 Å². The third-order valence-electron chi connectivity index (χ3n) is 5.21. The first-order chi connectivity index (χ1) is 16.7. The Morgan fingerprint density at radius 2 is 1.94 bits per heavy atom. The molecule has 0 saturated carbocycles. The van der Waals surface area contributed by atoms with E-state index in [0.29, 0.717) is 28.9 Å². The topological polar surface area (TPSA) is 92.1 Å². The zero-order valence-electron chi connectivity index (χ0n) is 21.3. The van der Waals surface area contributed by atoms with Crippen LogP contribution in [0.15, 0.2) is 76.5 Å². The molecule has 188 valence electrons. The summed E-state index contributed by atoms with van der Waals surface area (Å²) in [7, 11) is 1.33. The van der Waals surface area contributed by atoms with E-state index in [2.05, 4.69) is 27.2 Å². The molecular weight excluding hydrogens is 440 g/mol. The maximum atomic E-state index is 12.8. The van der Waals surface area contributed by atoms with Gasteiger partial charge in [-0.3, -0.25) is 14.8 Å². The molecule has 2 aromatic carbocycles. The van der Waals surface area contributed by atoms with Crippen molar-refractivity contribution in [3.05, 3.63) is 88.8 Å². The van der Waals surface area contributed by atoms with Crippen molar-refractivity contribution in [3.63, 3.8) is 0 Å². The van der Waals surface area contributed by atoms with Gasteiger partial charge < -0.3 is 15.4 Å². The fourth-order valence-electron chi connectivity index (χ4n) is 3.29. The lowest BCUT2D eigenvalue weighted by Gasteiger charge is -2.17. The zero-order chi connectivity index (χ0) is 26.0. The van der Waals surface area contributed by atoms with Crippen molar-refractivity contribution in [2.45, 2.75) is 40.7 Å². The number of benzene rings is 2. The summed E-state index contributed by atoms with van der Waals surface area (Å²) in [5.74, 6) is -0.683. The molecule has 0 saturated heterocycles. The number of amides is 1. The normalized spacial score (nSPS) is 12.9. The summed E-state index contributed by atoms with van der Waals surface area (Å²) in [5, 5.41) is 6.34. The van der Waals surface area contributed by atoms with Crippen molar-refractivity contribution in [1.82, 2.24) is 5.32 Å². The first-order valence-electron chi connectivity index (χ1n) is 11.4. The van der Waals surface area contributed by atoms with Gasteiger partial charge in [-0.05, 0) is 81.7 Å². The Morgan fingerprint density at radius 3 is 2.57 bits per heavy atom. The molecule has 0 radical (unpaired) electrons. The third-order valence-corrected chi connectivity index (χ3v) is 5.21.